The van der Waals surface area contributed by atoms with Crippen LogP contribution in [0.4, 0.5) is 0 Å². The Morgan fingerprint density at radius 2 is 2.14 bits per heavy atom. The number of esters is 1. The monoisotopic (exact) mass is 440 g/mol. The average molecular weight is 440 g/mol. The molecule has 1 spiro atoms. The van der Waals surface area contributed by atoms with Crippen LogP contribution >= 0.6 is 23.4 Å². The Bertz CT molecular complexity index is 860. The summed E-state index contributed by atoms with van der Waals surface area (Å²) < 4.78 is 29.2. The van der Waals surface area contributed by atoms with Gasteiger partial charge in [0.25, 0.3) is 0 Å². The molecule has 5 nitrogen and oxygen atoms in total. The lowest BCUT2D eigenvalue weighted by atomic mass is 9.46. The third-order valence-electron chi connectivity index (χ3n) is 8.00. The van der Waals surface area contributed by atoms with Gasteiger partial charge in [-0.3, -0.25) is 9.13 Å². The summed E-state index contributed by atoms with van der Waals surface area (Å²) in [7, 11) is -0.0593. The Kier molecular flexibility index (Phi) is 5.16. The summed E-state index contributed by atoms with van der Waals surface area (Å²) in [5.41, 5.74) is 1.29. The molecule has 3 fully saturated rings. The van der Waals surface area contributed by atoms with E-state index in [1.807, 2.05) is 6.08 Å². The molecule has 0 bridgehead atoms. The van der Waals surface area contributed by atoms with Gasteiger partial charge in [0.2, 0.25) is 0 Å². The molecule has 0 radical (unpaired) electrons. The number of aliphatic hydroxyl groups excluding tert-OH is 1. The fourth-order valence-electron chi connectivity index (χ4n) is 6.29. The van der Waals surface area contributed by atoms with E-state index in [-0.39, 0.29) is 36.7 Å². The second kappa shape index (κ2) is 6.98. The number of rotatable bonds is 4. The smallest absolute Gasteiger partial charge is 0.336 e. The predicted molar refractivity (Wildman–Crippen MR) is 110 cm³/mol. The van der Waals surface area contributed by atoms with Crippen molar-refractivity contribution >= 4 is 29.4 Å². The number of aliphatic hydroxyl groups is 1. The number of hydrogen-bond donors (Lipinski definition) is 1. The fraction of sp³-hybridized carbons (Fsp3) is 0.750. The zero-order valence-electron chi connectivity index (χ0n) is 16.4. The Morgan fingerprint density at radius 1 is 1.43 bits per heavy atom. The van der Waals surface area contributed by atoms with Crippen molar-refractivity contribution in [2.45, 2.75) is 57.0 Å². The molecule has 0 aromatic heterocycles. The minimum absolute atomic E-state index is 0.0332. The van der Waals surface area contributed by atoms with E-state index in [0.717, 1.165) is 33.6 Å². The number of carbonyl (C=O) groups is 1. The van der Waals surface area contributed by atoms with Crippen LogP contribution in [-0.4, -0.2) is 34.8 Å². The van der Waals surface area contributed by atoms with E-state index >= 15 is 0 Å². The van der Waals surface area contributed by atoms with Crippen LogP contribution in [0.25, 0.3) is 0 Å². The first kappa shape index (κ1) is 20.7. The van der Waals surface area contributed by atoms with E-state index in [1.54, 1.807) is 0 Å². The van der Waals surface area contributed by atoms with Crippen LogP contribution < -0.4 is 0 Å². The Morgan fingerprint density at radius 3 is 2.71 bits per heavy atom. The predicted octanol–water partition coefficient (Wildman–Crippen LogP) is 5.30. The molecule has 0 amide bonds. The Balaban J connectivity index is 1.67. The van der Waals surface area contributed by atoms with Gasteiger partial charge in [0.15, 0.2) is 8.46 Å². The average Bonchev–Trinajstić information content (AvgIpc) is 3.20. The molecule has 7 atom stereocenters. The topological polar surface area (TPSA) is 80.7 Å². The molecule has 2 aliphatic heterocycles. The number of cyclic esters (lactones) is 1. The van der Waals surface area contributed by atoms with Gasteiger partial charge in [0.1, 0.15) is 24.7 Å². The minimum Gasteiger partial charge on any atom is -0.459 e. The van der Waals surface area contributed by atoms with Crippen molar-refractivity contribution in [1.82, 2.24) is 0 Å². The first-order chi connectivity index (χ1) is 13.2. The molecule has 1 saturated heterocycles. The lowest BCUT2D eigenvalue weighted by Crippen LogP contribution is -2.57. The van der Waals surface area contributed by atoms with Gasteiger partial charge in [-0.05, 0) is 57.2 Å². The highest BCUT2D eigenvalue weighted by Crippen LogP contribution is 2.82. The Labute approximate surface area is 169 Å². The van der Waals surface area contributed by atoms with Crippen molar-refractivity contribution in [3.8, 4) is 0 Å². The van der Waals surface area contributed by atoms with E-state index in [4.69, 9.17) is 4.74 Å². The van der Waals surface area contributed by atoms with Crippen molar-refractivity contribution in [1.29, 1.82) is 0 Å². The lowest BCUT2D eigenvalue weighted by Gasteiger charge is -2.60. The molecule has 2 aliphatic carbocycles. The van der Waals surface area contributed by atoms with Crippen LogP contribution in [0.1, 0.15) is 46.0 Å². The van der Waals surface area contributed by atoms with Crippen LogP contribution in [0, 0.1) is 22.7 Å². The molecule has 0 aromatic carbocycles. The molecular formula is C20H27O5P3. The standard InChI is InChI=1S/C20H27O5P3/c1-12-4-7-16-18(2,14(12)6-5-13-15(21)10-25-17(13)22)8-9-20(27-28(20)24)19(16,3)11-26-23/h5,14-16,21H,1,4,6-11H2,2-3H3/b13-5+/t14-,15-,16+,18+,19+,20?/m1/s1. The first-order valence-corrected chi connectivity index (χ1v) is 13.8. The summed E-state index contributed by atoms with van der Waals surface area (Å²) in [4.78, 5) is 11.7. The van der Waals surface area contributed by atoms with Crippen LogP contribution in [0.3, 0.4) is 0 Å². The van der Waals surface area contributed by atoms with E-state index in [1.165, 1.54) is 5.57 Å². The molecule has 4 aliphatic rings. The zero-order valence-corrected chi connectivity index (χ0v) is 19.1. The molecule has 2 unspecified atom stereocenters. The van der Waals surface area contributed by atoms with Crippen LogP contribution in [-0.2, 0) is 18.7 Å². The third-order valence-corrected chi connectivity index (χ3v) is 13.9. The maximum Gasteiger partial charge on any atom is 0.336 e. The van der Waals surface area contributed by atoms with E-state index in [0.29, 0.717) is 24.1 Å². The van der Waals surface area contributed by atoms with Crippen molar-refractivity contribution in [3.63, 3.8) is 0 Å². The van der Waals surface area contributed by atoms with Gasteiger partial charge < -0.3 is 9.84 Å². The molecule has 28 heavy (non-hydrogen) atoms. The van der Waals surface area contributed by atoms with E-state index in [9.17, 15) is 19.0 Å². The summed E-state index contributed by atoms with van der Waals surface area (Å²) in [6.07, 6.45) is 5.94. The molecule has 0 aromatic rings. The number of carbonyl (C=O) groups excluding carboxylic acids is 1. The molecule has 1 N–H and O–H groups in total. The van der Waals surface area contributed by atoms with Gasteiger partial charge in [-0.15, -0.1) is 0 Å². The van der Waals surface area contributed by atoms with Crippen molar-refractivity contribution in [2.24, 2.45) is 22.7 Å². The highest BCUT2D eigenvalue weighted by Gasteiger charge is 2.69. The van der Waals surface area contributed by atoms with Crippen LogP contribution in [0.5, 0.6) is 0 Å². The van der Waals surface area contributed by atoms with Crippen LogP contribution in [0.15, 0.2) is 23.8 Å². The summed E-state index contributed by atoms with van der Waals surface area (Å²) in [5.74, 6) is 0.0770. The first-order valence-electron chi connectivity index (χ1n) is 9.92. The number of allylic oxidation sites excluding steroid dienone is 2. The van der Waals surface area contributed by atoms with Gasteiger partial charge >= 0.3 is 5.97 Å². The maximum atomic E-state index is 12.6. The molecule has 4 rings (SSSR count). The van der Waals surface area contributed by atoms with E-state index < -0.39 is 19.2 Å². The minimum atomic E-state index is -1.23. The second-order valence-electron chi connectivity index (χ2n) is 9.21. The lowest BCUT2D eigenvalue weighted by molar-refractivity contribution is -0.135. The number of fused-ring (bicyclic) bond motifs is 1. The van der Waals surface area contributed by atoms with Crippen molar-refractivity contribution in [3.05, 3.63) is 23.8 Å². The highest BCUT2D eigenvalue weighted by atomic mass is 31.8. The summed E-state index contributed by atoms with van der Waals surface area (Å²) in [6.45, 7) is 8.88. The second-order valence-corrected chi connectivity index (χ2v) is 14.1. The van der Waals surface area contributed by atoms with Crippen molar-refractivity contribution in [2.75, 3.05) is 12.8 Å². The molecule has 2 saturated carbocycles. The summed E-state index contributed by atoms with van der Waals surface area (Å²) in [6, 6.07) is 0. The summed E-state index contributed by atoms with van der Waals surface area (Å²) in [5, 5.41) is 10.0. The molecular weight excluding hydrogens is 413 g/mol. The molecule has 8 heteroatoms. The Hall–Kier alpha value is -0.590. The van der Waals surface area contributed by atoms with Gasteiger partial charge in [0, 0.05) is 11.6 Å². The normalized spacial score (nSPS) is 48.5. The van der Waals surface area contributed by atoms with Gasteiger partial charge in [0.05, 0.1) is 5.57 Å². The van der Waals surface area contributed by atoms with Gasteiger partial charge in [-0.1, -0.05) is 32.1 Å². The van der Waals surface area contributed by atoms with Gasteiger partial charge in [-0.25, -0.2) is 4.79 Å². The quantitative estimate of drug-likeness (QED) is 0.278. The maximum absolute atomic E-state index is 12.6. The summed E-state index contributed by atoms with van der Waals surface area (Å²) >= 11 is 0. The van der Waals surface area contributed by atoms with Crippen molar-refractivity contribution < 1.29 is 23.8 Å². The molecule has 2 heterocycles. The number of ether oxygens (including phenoxy) is 1. The van der Waals surface area contributed by atoms with Gasteiger partial charge in [-0.2, -0.15) is 0 Å². The highest BCUT2D eigenvalue weighted by molar-refractivity contribution is 8.07. The largest absolute Gasteiger partial charge is 0.459 e. The third kappa shape index (κ3) is 2.81. The number of hydrogen-bond acceptors (Lipinski definition) is 5. The van der Waals surface area contributed by atoms with E-state index in [2.05, 4.69) is 20.4 Å². The SMILES string of the molecule is C=C1CC[C@H]2[C@@](C)(CCC3(P=P3=O)[C@@]2(C)CP=O)[C@@H]1C/C=C1/C(=O)OC[C@H]1O. The fourth-order valence-corrected chi connectivity index (χ4v) is 12.3. The zero-order chi connectivity index (χ0) is 20.3. The molecule has 152 valence electrons. The van der Waals surface area contributed by atoms with Crippen LogP contribution in [0.2, 0.25) is 0 Å².